The fourth-order valence-electron chi connectivity index (χ4n) is 3.98. The van der Waals surface area contributed by atoms with Gasteiger partial charge in [-0.2, -0.15) is 0 Å². The molecule has 0 radical (unpaired) electrons. The lowest BCUT2D eigenvalue weighted by Gasteiger charge is -2.25. The maximum atomic E-state index is 12.7. The van der Waals surface area contributed by atoms with Gasteiger partial charge in [0.1, 0.15) is 18.4 Å². The highest BCUT2D eigenvalue weighted by molar-refractivity contribution is 5.95. The van der Waals surface area contributed by atoms with Gasteiger partial charge in [0, 0.05) is 18.7 Å². The van der Waals surface area contributed by atoms with E-state index in [4.69, 9.17) is 9.47 Å². The minimum Gasteiger partial charge on any atom is -0.456 e. The minimum absolute atomic E-state index is 0.134. The van der Waals surface area contributed by atoms with Gasteiger partial charge in [-0.3, -0.25) is 9.20 Å². The average molecular weight is 440 g/mol. The molecule has 0 saturated heterocycles. The third-order valence-corrected chi connectivity index (χ3v) is 5.68. The van der Waals surface area contributed by atoms with Crippen LogP contribution in [0.3, 0.4) is 0 Å². The quantitative estimate of drug-likeness (QED) is 0.449. The number of nitrogens with zero attached hydrogens (tertiary/aromatic N) is 2. The van der Waals surface area contributed by atoms with E-state index >= 15 is 0 Å². The number of esters is 2. The summed E-state index contributed by atoms with van der Waals surface area (Å²) in [5.74, 6) is -0.971. The second-order valence-electron chi connectivity index (χ2n) is 7.93. The third kappa shape index (κ3) is 4.01. The molecular formula is C26H20N2O5. The predicted octanol–water partition coefficient (Wildman–Crippen LogP) is 3.81. The average Bonchev–Trinajstić information content (AvgIpc) is 2.83. The van der Waals surface area contributed by atoms with Crippen LogP contribution in [-0.4, -0.2) is 21.3 Å². The van der Waals surface area contributed by atoms with E-state index < -0.39 is 18.0 Å². The molecule has 0 aliphatic carbocycles. The molecule has 7 heteroatoms. The van der Waals surface area contributed by atoms with Gasteiger partial charge in [0.25, 0.3) is 5.56 Å². The molecule has 4 aromatic rings. The van der Waals surface area contributed by atoms with Crippen LogP contribution in [-0.2, 0) is 22.5 Å². The molecular weight excluding hydrogens is 420 g/mol. The van der Waals surface area contributed by atoms with Crippen LogP contribution in [0.1, 0.15) is 49.2 Å². The summed E-state index contributed by atoms with van der Waals surface area (Å²) in [7, 11) is 0. The van der Waals surface area contributed by atoms with Crippen LogP contribution >= 0.6 is 0 Å². The van der Waals surface area contributed by atoms with Gasteiger partial charge in [0.05, 0.1) is 16.8 Å². The van der Waals surface area contributed by atoms with Gasteiger partial charge < -0.3 is 9.47 Å². The van der Waals surface area contributed by atoms with E-state index in [9.17, 15) is 14.4 Å². The van der Waals surface area contributed by atoms with Crippen LogP contribution in [0.2, 0.25) is 0 Å². The van der Waals surface area contributed by atoms with E-state index in [-0.39, 0.29) is 12.2 Å². The largest absolute Gasteiger partial charge is 0.456 e. The molecule has 1 atom stereocenters. The summed E-state index contributed by atoms with van der Waals surface area (Å²) in [6.07, 6.45) is 1.71. The Labute approximate surface area is 189 Å². The smallest absolute Gasteiger partial charge is 0.339 e. The van der Waals surface area contributed by atoms with E-state index in [1.807, 2.05) is 43.3 Å². The molecule has 33 heavy (non-hydrogen) atoms. The Balaban J connectivity index is 1.35. The van der Waals surface area contributed by atoms with Crippen LogP contribution in [0.25, 0.3) is 5.65 Å². The number of carbonyl (C=O) groups is 2. The second-order valence-corrected chi connectivity index (χ2v) is 7.93. The topological polar surface area (TPSA) is 87.0 Å². The Hall–Kier alpha value is -4.26. The van der Waals surface area contributed by atoms with Crippen molar-refractivity contribution in [2.24, 2.45) is 0 Å². The summed E-state index contributed by atoms with van der Waals surface area (Å²) < 4.78 is 12.4. The minimum atomic E-state index is -0.556. The summed E-state index contributed by atoms with van der Waals surface area (Å²) in [6, 6.07) is 19.3. The summed E-state index contributed by atoms with van der Waals surface area (Å²) in [5.41, 5.74) is 3.89. The highest BCUT2D eigenvalue weighted by atomic mass is 16.5. The van der Waals surface area contributed by atoms with Crippen molar-refractivity contribution >= 4 is 17.6 Å². The lowest BCUT2D eigenvalue weighted by atomic mass is 9.93. The first kappa shape index (κ1) is 20.6. The first-order chi connectivity index (χ1) is 16.0. The monoisotopic (exact) mass is 440 g/mol. The zero-order valence-electron chi connectivity index (χ0n) is 17.9. The van der Waals surface area contributed by atoms with Crippen molar-refractivity contribution in [1.82, 2.24) is 9.38 Å². The molecule has 0 bridgehead atoms. The number of aryl methyl sites for hydroxylation is 1. The van der Waals surface area contributed by atoms with Crippen LogP contribution in [0.15, 0.2) is 77.7 Å². The lowest BCUT2D eigenvalue weighted by molar-refractivity contribution is 0.0251. The number of ether oxygens (including phenoxy) is 2. The molecule has 0 amide bonds. The van der Waals surface area contributed by atoms with Crippen molar-refractivity contribution in [3.63, 3.8) is 0 Å². The molecule has 0 saturated carbocycles. The lowest BCUT2D eigenvalue weighted by Crippen LogP contribution is -2.22. The van der Waals surface area contributed by atoms with Crippen LogP contribution in [0.5, 0.6) is 0 Å². The Morgan fingerprint density at radius 3 is 2.73 bits per heavy atom. The predicted molar refractivity (Wildman–Crippen MR) is 120 cm³/mol. The molecule has 3 heterocycles. The number of pyridine rings is 1. The van der Waals surface area contributed by atoms with E-state index in [1.165, 1.54) is 16.5 Å². The molecule has 0 fully saturated rings. The third-order valence-electron chi connectivity index (χ3n) is 5.68. The zero-order valence-corrected chi connectivity index (χ0v) is 17.9. The van der Waals surface area contributed by atoms with Crippen LogP contribution in [0, 0.1) is 6.92 Å². The summed E-state index contributed by atoms with van der Waals surface area (Å²) in [4.78, 5) is 41.9. The Morgan fingerprint density at radius 2 is 1.91 bits per heavy atom. The van der Waals surface area contributed by atoms with E-state index in [1.54, 1.807) is 24.4 Å². The maximum Gasteiger partial charge on any atom is 0.339 e. The van der Waals surface area contributed by atoms with Gasteiger partial charge >= 0.3 is 11.9 Å². The maximum absolute atomic E-state index is 12.7. The fourth-order valence-corrected chi connectivity index (χ4v) is 3.98. The normalized spacial score (nSPS) is 15.1. The standard InChI is InChI=1S/C26H20N2O5/c1-16-6-5-11-28-23(29)14-20(27-24(16)28)15-32-25(30)18-9-10-21-19(12-18)13-22(33-26(21)31)17-7-3-2-4-8-17/h2-12,14,22H,13,15H2,1H3/t22-/m1/s1. The molecule has 2 aromatic carbocycles. The Kier molecular flexibility index (Phi) is 5.22. The van der Waals surface area contributed by atoms with Crippen molar-refractivity contribution < 1.29 is 19.1 Å². The highest BCUT2D eigenvalue weighted by Crippen LogP contribution is 2.31. The van der Waals surface area contributed by atoms with Gasteiger partial charge in [-0.1, -0.05) is 36.4 Å². The number of hydrogen-bond donors (Lipinski definition) is 0. The first-order valence-electron chi connectivity index (χ1n) is 10.5. The Morgan fingerprint density at radius 1 is 1.09 bits per heavy atom. The van der Waals surface area contributed by atoms with Crippen LogP contribution < -0.4 is 5.56 Å². The number of rotatable bonds is 4. The molecule has 1 aliphatic heterocycles. The van der Waals surface area contributed by atoms with Crippen LogP contribution in [0.4, 0.5) is 0 Å². The zero-order chi connectivity index (χ0) is 22.9. The molecule has 1 aliphatic rings. The van der Waals surface area contributed by atoms with Crippen molar-refractivity contribution in [1.29, 1.82) is 0 Å². The van der Waals surface area contributed by atoms with E-state index in [0.29, 0.717) is 28.9 Å². The number of hydrogen-bond acceptors (Lipinski definition) is 6. The second kappa shape index (κ2) is 8.35. The summed E-state index contributed by atoms with van der Waals surface area (Å²) in [5, 5.41) is 0. The van der Waals surface area contributed by atoms with E-state index in [2.05, 4.69) is 4.98 Å². The van der Waals surface area contributed by atoms with Crippen molar-refractivity contribution in [2.45, 2.75) is 26.1 Å². The number of cyclic esters (lactones) is 1. The summed E-state index contributed by atoms with van der Waals surface area (Å²) in [6.45, 7) is 1.73. The molecule has 0 N–H and O–H groups in total. The van der Waals surface area contributed by atoms with Crippen molar-refractivity contribution in [3.8, 4) is 0 Å². The Bertz CT molecular complexity index is 1440. The molecule has 5 rings (SSSR count). The molecule has 164 valence electrons. The van der Waals surface area contributed by atoms with Gasteiger partial charge in [0.15, 0.2) is 0 Å². The first-order valence-corrected chi connectivity index (χ1v) is 10.5. The van der Waals surface area contributed by atoms with Crippen molar-refractivity contribution in [2.75, 3.05) is 0 Å². The number of benzene rings is 2. The SMILES string of the molecule is Cc1cccn2c(=O)cc(COC(=O)c3ccc4c(c3)C[C@H](c3ccccc3)OC4=O)nc12. The van der Waals surface area contributed by atoms with Gasteiger partial charge in [-0.25, -0.2) is 14.6 Å². The van der Waals surface area contributed by atoms with Crippen molar-refractivity contribution in [3.05, 3.63) is 117 Å². The van der Waals surface area contributed by atoms with Gasteiger partial charge in [-0.15, -0.1) is 0 Å². The number of carbonyl (C=O) groups excluding carboxylic acids is 2. The number of fused-ring (bicyclic) bond motifs is 2. The van der Waals surface area contributed by atoms with E-state index in [0.717, 1.165) is 16.7 Å². The molecule has 0 unspecified atom stereocenters. The number of aromatic nitrogens is 2. The fraction of sp³-hybridized carbons (Fsp3) is 0.154. The molecule has 2 aromatic heterocycles. The highest BCUT2D eigenvalue weighted by Gasteiger charge is 2.28. The van der Waals surface area contributed by atoms with Gasteiger partial charge in [0.2, 0.25) is 0 Å². The molecule has 0 spiro atoms. The van der Waals surface area contributed by atoms with Gasteiger partial charge in [-0.05, 0) is 47.9 Å². The molecule has 7 nitrogen and oxygen atoms in total. The summed E-state index contributed by atoms with van der Waals surface area (Å²) >= 11 is 0.